The molecule has 0 aromatic rings. The van der Waals surface area contributed by atoms with Gasteiger partial charge in [-0.05, 0) is 98.7 Å². The highest BCUT2D eigenvalue weighted by Crippen LogP contribution is 2.55. The highest BCUT2D eigenvalue weighted by molar-refractivity contribution is 5.02. The summed E-state index contributed by atoms with van der Waals surface area (Å²) in [5.41, 5.74) is 24.7. The molecule has 4 unspecified atom stereocenters. The fraction of sp³-hybridized carbons (Fsp3) is 0.692. The van der Waals surface area contributed by atoms with Crippen molar-refractivity contribution in [2.75, 3.05) is 0 Å². The van der Waals surface area contributed by atoms with Crippen LogP contribution in [0.3, 0.4) is 0 Å². The van der Waals surface area contributed by atoms with E-state index >= 15 is 0 Å². The molecule has 8 N–H and O–H groups in total. The van der Waals surface area contributed by atoms with E-state index in [2.05, 4.69) is 50.6 Å². The van der Waals surface area contributed by atoms with Crippen molar-refractivity contribution in [3.8, 4) is 0 Å². The number of allylic oxidation sites excluding steroid dienone is 4. The fourth-order valence-electron chi connectivity index (χ4n) is 6.90. The van der Waals surface area contributed by atoms with Crippen molar-refractivity contribution in [3.63, 3.8) is 0 Å². The van der Waals surface area contributed by atoms with Gasteiger partial charge in [0, 0.05) is 0 Å². The van der Waals surface area contributed by atoms with Crippen LogP contribution in [-0.4, -0.2) is 12.3 Å². The van der Waals surface area contributed by atoms with Gasteiger partial charge in [-0.1, -0.05) is 24.3 Å². The van der Waals surface area contributed by atoms with Crippen LogP contribution in [0.25, 0.3) is 0 Å². The van der Waals surface area contributed by atoms with E-state index in [-0.39, 0.29) is 12.3 Å². The third kappa shape index (κ3) is 5.94. The molecule has 4 nitrogen and oxygen atoms in total. The van der Waals surface area contributed by atoms with Gasteiger partial charge in [0.05, 0.1) is 12.3 Å². The lowest BCUT2D eigenvalue weighted by atomic mass is 9.52. The Hall–Kier alpha value is -1.20. The molecule has 2 fully saturated rings. The minimum atomic E-state index is -0.260. The quantitative estimate of drug-likeness (QED) is 0.299. The second-order valence-corrected chi connectivity index (χ2v) is 9.91. The molecule has 2 aliphatic carbocycles. The molecule has 30 heavy (non-hydrogen) atoms. The first-order valence-corrected chi connectivity index (χ1v) is 11.8. The molecule has 0 aromatic heterocycles. The molecule has 4 atom stereocenters. The minimum absolute atomic E-state index is 0.260. The Morgan fingerprint density at radius 2 is 0.767 bits per heavy atom. The van der Waals surface area contributed by atoms with E-state index in [4.69, 9.17) is 22.9 Å². The Kier molecular flexibility index (Phi) is 10.0. The van der Waals surface area contributed by atoms with Gasteiger partial charge in [-0.15, -0.1) is 26.3 Å². The molecular weight excluding hydrogens is 368 g/mol. The first kappa shape index (κ1) is 25.1. The van der Waals surface area contributed by atoms with Crippen LogP contribution in [0.5, 0.6) is 0 Å². The molecule has 0 aromatic carbocycles. The average Bonchev–Trinajstić information content (AvgIpc) is 2.69. The first-order valence-electron chi connectivity index (χ1n) is 11.8. The van der Waals surface area contributed by atoms with Gasteiger partial charge in [-0.2, -0.15) is 0 Å². The number of hydrogen-bond donors (Lipinski definition) is 4. The molecule has 0 heterocycles. The maximum Gasteiger partial charge on any atom is 0.0550 e. The molecule has 0 amide bonds. The molecule has 2 aliphatic rings. The topological polar surface area (TPSA) is 104 Å². The van der Waals surface area contributed by atoms with Crippen LogP contribution in [0.4, 0.5) is 0 Å². The summed E-state index contributed by atoms with van der Waals surface area (Å²) in [6.45, 7) is 16.3. The summed E-state index contributed by atoms with van der Waals surface area (Å²) >= 11 is 0. The van der Waals surface area contributed by atoms with E-state index in [1.165, 1.54) is 0 Å². The lowest BCUT2D eigenvalue weighted by molar-refractivity contribution is -0.0347. The molecule has 0 spiro atoms. The molecule has 0 radical (unpaired) electrons. The Labute approximate surface area is 184 Å². The molecule has 0 aliphatic heterocycles. The first-order chi connectivity index (χ1) is 14.4. The van der Waals surface area contributed by atoms with Crippen LogP contribution in [0.1, 0.15) is 51.4 Å². The van der Waals surface area contributed by atoms with Crippen LogP contribution in [-0.2, 0) is 0 Å². The summed E-state index contributed by atoms with van der Waals surface area (Å²) in [6.07, 6.45) is 16.2. The van der Waals surface area contributed by atoms with Gasteiger partial charge in [-0.3, -0.25) is 0 Å². The zero-order chi connectivity index (χ0) is 22.3. The Morgan fingerprint density at radius 3 is 0.933 bits per heavy atom. The van der Waals surface area contributed by atoms with Crippen LogP contribution in [0.15, 0.2) is 50.6 Å². The van der Waals surface area contributed by atoms with E-state index in [1.54, 1.807) is 0 Å². The van der Waals surface area contributed by atoms with Crippen LogP contribution in [0, 0.1) is 47.3 Å². The number of rotatable bonds is 11. The molecule has 0 saturated heterocycles. The summed E-state index contributed by atoms with van der Waals surface area (Å²) in [7, 11) is 0. The summed E-state index contributed by atoms with van der Waals surface area (Å²) in [6, 6.07) is 0. The van der Waals surface area contributed by atoms with Crippen molar-refractivity contribution in [2.24, 2.45) is 70.3 Å². The van der Waals surface area contributed by atoms with Crippen molar-refractivity contribution in [1.82, 2.24) is 0 Å². The molecule has 0 bridgehead atoms. The van der Waals surface area contributed by atoms with Gasteiger partial charge >= 0.3 is 0 Å². The summed E-state index contributed by atoms with van der Waals surface area (Å²) < 4.78 is 0. The Bertz CT molecular complexity index is 479. The maximum atomic E-state index is 6.18. The second kappa shape index (κ2) is 12.0. The van der Waals surface area contributed by atoms with E-state index in [9.17, 15) is 0 Å². The molecular formula is C26H46N4. The van der Waals surface area contributed by atoms with Gasteiger partial charge in [0.15, 0.2) is 0 Å². The van der Waals surface area contributed by atoms with Gasteiger partial charge in [-0.25, -0.2) is 0 Å². The lowest BCUT2D eigenvalue weighted by Gasteiger charge is -2.53. The third-order valence-electron chi connectivity index (χ3n) is 8.01. The van der Waals surface area contributed by atoms with E-state index in [0.717, 1.165) is 51.4 Å². The minimum Gasteiger partial charge on any atom is -0.316 e. The summed E-state index contributed by atoms with van der Waals surface area (Å²) in [4.78, 5) is 0. The monoisotopic (exact) mass is 414 g/mol. The van der Waals surface area contributed by atoms with Crippen molar-refractivity contribution in [3.05, 3.63) is 50.6 Å². The highest BCUT2D eigenvalue weighted by Gasteiger charge is 2.48. The van der Waals surface area contributed by atoms with Crippen LogP contribution >= 0.6 is 0 Å². The van der Waals surface area contributed by atoms with E-state index < -0.39 is 0 Å². The third-order valence-corrected chi connectivity index (χ3v) is 8.01. The van der Waals surface area contributed by atoms with Gasteiger partial charge in [0.2, 0.25) is 0 Å². The predicted molar refractivity (Wildman–Crippen MR) is 130 cm³/mol. The van der Waals surface area contributed by atoms with E-state index in [1.807, 2.05) is 0 Å². The standard InChI is InChI=1S/C26H46N4/c1-5-9-17-13-21(25(27)28)14-18(10-6-2)23(17)24-19(11-7-3)15-22(26(29)30)16-20(24)12-8-4/h5-8,17-26H,1-4,9-16,27-30H2. The van der Waals surface area contributed by atoms with Crippen molar-refractivity contribution in [2.45, 2.75) is 63.7 Å². The summed E-state index contributed by atoms with van der Waals surface area (Å²) in [5.74, 6) is 4.12. The fourth-order valence-corrected chi connectivity index (χ4v) is 6.90. The molecule has 2 saturated carbocycles. The number of nitrogens with two attached hydrogens (primary N) is 4. The van der Waals surface area contributed by atoms with Crippen LogP contribution in [0.2, 0.25) is 0 Å². The zero-order valence-corrected chi connectivity index (χ0v) is 18.9. The number of hydrogen-bond acceptors (Lipinski definition) is 4. The maximum absolute atomic E-state index is 6.18. The van der Waals surface area contributed by atoms with Crippen molar-refractivity contribution < 1.29 is 0 Å². The SMILES string of the molecule is C=CCC1CC(C(N)N)CC(CC=C)C1C1C(CC=C)CC(C(N)N)CC1CC=C. The smallest absolute Gasteiger partial charge is 0.0550 e. The average molecular weight is 415 g/mol. The highest BCUT2D eigenvalue weighted by atomic mass is 14.9. The molecule has 2 rings (SSSR count). The normalized spacial score (nSPS) is 37.1. The molecule has 4 heteroatoms. The van der Waals surface area contributed by atoms with Crippen molar-refractivity contribution in [1.29, 1.82) is 0 Å². The molecule has 170 valence electrons. The predicted octanol–water partition coefficient (Wildman–Crippen LogP) is 4.30. The Balaban J connectivity index is 2.46. The zero-order valence-electron chi connectivity index (χ0n) is 18.9. The van der Waals surface area contributed by atoms with Gasteiger partial charge in [0.25, 0.3) is 0 Å². The van der Waals surface area contributed by atoms with Gasteiger partial charge in [0.1, 0.15) is 0 Å². The van der Waals surface area contributed by atoms with E-state index in [0.29, 0.717) is 47.3 Å². The second-order valence-electron chi connectivity index (χ2n) is 9.91. The largest absolute Gasteiger partial charge is 0.316 e. The summed E-state index contributed by atoms with van der Waals surface area (Å²) in [5, 5.41) is 0. The van der Waals surface area contributed by atoms with Crippen LogP contribution < -0.4 is 22.9 Å². The Morgan fingerprint density at radius 1 is 0.533 bits per heavy atom. The lowest BCUT2D eigenvalue weighted by Crippen LogP contribution is -2.52. The van der Waals surface area contributed by atoms with Gasteiger partial charge < -0.3 is 22.9 Å². The van der Waals surface area contributed by atoms with Crippen molar-refractivity contribution >= 4 is 0 Å².